The molecule has 3 heteroatoms. The molecule has 0 aliphatic carbocycles. The standard InChI is InChI=1S/C9H17NO2/c1-4-12-8(11)7-9(2,3)5-6-10-7/h7,10H,4-6H2,1-3H3. The van der Waals surface area contributed by atoms with Crippen molar-refractivity contribution < 1.29 is 9.53 Å². The van der Waals surface area contributed by atoms with Crippen molar-refractivity contribution in [3.63, 3.8) is 0 Å². The van der Waals surface area contributed by atoms with Gasteiger partial charge >= 0.3 is 5.97 Å². The Labute approximate surface area is 73.5 Å². The van der Waals surface area contributed by atoms with Gasteiger partial charge in [-0.05, 0) is 25.3 Å². The third kappa shape index (κ3) is 1.78. The summed E-state index contributed by atoms with van der Waals surface area (Å²) in [6, 6.07) is -0.113. The van der Waals surface area contributed by atoms with Crippen LogP contribution < -0.4 is 5.32 Å². The number of carbonyl (C=O) groups excluding carboxylic acids is 1. The molecule has 1 unspecified atom stereocenters. The molecule has 1 aliphatic rings. The molecule has 1 rings (SSSR count). The summed E-state index contributed by atoms with van der Waals surface area (Å²) in [7, 11) is 0. The van der Waals surface area contributed by atoms with E-state index in [0.717, 1.165) is 13.0 Å². The molecule has 0 bridgehead atoms. The Morgan fingerprint density at radius 2 is 2.33 bits per heavy atom. The maximum absolute atomic E-state index is 11.4. The first kappa shape index (κ1) is 9.52. The van der Waals surface area contributed by atoms with Crippen LogP contribution in [0.15, 0.2) is 0 Å². The SMILES string of the molecule is CCOC(=O)C1NCCC1(C)C. The smallest absolute Gasteiger partial charge is 0.323 e. The number of rotatable bonds is 2. The molecule has 1 atom stereocenters. The van der Waals surface area contributed by atoms with Gasteiger partial charge < -0.3 is 10.1 Å². The molecule has 0 amide bonds. The van der Waals surface area contributed by atoms with Gasteiger partial charge in [0.2, 0.25) is 0 Å². The summed E-state index contributed by atoms with van der Waals surface area (Å²) in [5, 5.41) is 3.16. The zero-order valence-corrected chi connectivity index (χ0v) is 8.02. The molecule has 3 nitrogen and oxygen atoms in total. The zero-order valence-electron chi connectivity index (χ0n) is 8.02. The predicted octanol–water partition coefficient (Wildman–Crippen LogP) is 0.938. The summed E-state index contributed by atoms with van der Waals surface area (Å²) in [6.07, 6.45) is 1.04. The lowest BCUT2D eigenvalue weighted by Crippen LogP contribution is -2.41. The van der Waals surface area contributed by atoms with Crippen molar-refractivity contribution in [2.45, 2.75) is 33.2 Å². The largest absolute Gasteiger partial charge is 0.465 e. The molecule has 0 radical (unpaired) electrons. The van der Waals surface area contributed by atoms with Crippen molar-refractivity contribution in [3.05, 3.63) is 0 Å². The Bertz CT molecular complexity index is 177. The van der Waals surface area contributed by atoms with Gasteiger partial charge in [-0.3, -0.25) is 4.79 Å². The third-order valence-electron chi connectivity index (χ3n) is 2.42. The van der Waals surface area contributed by atoms with E-state index in [-0.39, 0.29) is 17.4 Å². The molecule has 70 valence electrons. The van der Waals surface area contributed by atoms with Crippen molar-refractivity contribution in [1.82, 2.24) is 5.32 Å². The van der Waals surface area contributed by atoms with E-state index >= 15 is 0 Å². The molecule has 0 aromatic carbocycles. The van der Waals surface area contributed by atoms with Gasteiger partial charge in [-0.1, -0.05) is 13.8 Å². The molecule has 0 aromatic heterocycles. The van der Waals surface area contributed by atoms with Gasteiger partial charge in [0.15, 0.2) is 0 Å². The van der Waals surface area contributed by atoms with Crippen LogP contribution in [-0.2, 0) is 9.53 Å². The maximum Gasteiger partial charge on any atom is 0.323 e. The molecule has 1 aliphatic heterocycles. The minimum atomic E-state index is -0.113. The fraction of sp³-hybridized carbons (Fsp3) is 0.889. The molecule has 1 fully saturated rings. The van der Waals surface area contributed by atoms with Crippen molar-refractivity contribution in [2.75, 3.05) is 13.2 Å². The average Bonchev–Trinajstić information content (AvgIpc) is 2.30. The van der Waals surface area contributed by atoms with Crippen molar-refractivity contribution >= 4 is 5.97 Å². The second-order valence-corrected chi connectivity index (χ2v) is 3.88. The minimum Gasteiger partial charge on any atom is -0.465 e. The molecule has 1 heterocycles. The van der Waals surface area contributed by atoms with Crippen molar-refractivity contribution in [2.24, 2.45) is 5.41 Å². The van der Waals surface area contributed by atoms with Gasteiger partial charge in [-0.2, -0.15) is 0 Å². The van der Waals surface area contributed by atoms with Crippen LogP contribution in [0.5, 0.6) is 0 Å². The number of nitrogens with one attached hydrogen (secondary N) is 1. The summed E-state index contributed by atoms with van der Waals surface area (Å²) in [6.45, 7) is 7.40. The summed E-state index contributed by atoms with van der Waals surface area (Å²) in [4.78, 5) is 11.4. The van der Waals surface area contributed by atoms with Crippen LogP contribution in [0.1, 0.15) is 27.2 Å². The van der Waals surface area contributed by atoms with Crippen LogP contribution in [0.2, 0.25) is 0 Å². The van der Waals surface area contributed by atoms with Gasteiger partial charge in [-0.15, -0.1) is 0 Å². The summed E-state index contributed by atoms with van der Waals surface area (Å²) < 4.78 is 4.96. The molecule has 0 aromatic rings. The molecule has 12 heavy (non-hydrogen) atoms. The topological polar surface area (TPSA) is 38.3 Å². The number of hydrogen-bond acceptors (Lipinski definition) is 3. The highest BCUT2D eigenvalue weighted by molar-refractivity contribution is 5.77. The fourth-order valence-corrected chi connectivity index (χ4v) is 1.59. The summed E-state index contributed by atoms with van der Waals surface area (Å²) in [5.41, 5.74) is 0.0479. The number of esters is 1. The molecule has 1 N–H and O–H groups in total. The fourth-order valence-electron chi connectivity index (χ4n) is 1.59. The predicted molar refractivity (Wildman–Crippen MR) is 46.8 cm³/mol. The van der Waals surface area contributed by atoms with E-state index in [0.29, 0.717) is 6.61 Å². The highest BCUT2D eigenvalue weighted by Gasteiger charge is 2.39. The van der Waals surface area contributed by atoms with Gasteiger partial charge in [-0.25, -0.2) is 0 Å². The highest BCUT2D eigenvalue weighted by atomic mass is 16.5. The first-order valence-electron chi connectivity index (χ1n) is 4.48. The van der Waals surface area contributed by atoms with E-state index in [1.807, 2.05) is 6.92 Å². The molecule has 1 saturated heterocycles. The van der Waals surface area contributed by atoms with E-state index in [4.69, 9.17) is 4.74 Å². The Hall–Kier alpha value is -0.570. The van der Waals surface area contributed by atoms with Crippen molar-refractivity contribution in [3.8, 4) is 0 Å². The lowest BCUT2D eigenvalue weighted by atomic mass is 9.85. The Kier molecular flexibility index (Phi) is 2.73. The maximum atomic E-state index is 11.4. The molecular formula is C9H17NO2. The minimum absolute atomic E-state index is 0.0479. The Morgan fingerprint density at radius 3 is 2.75 bits per heavy atom. The Balaban J connectivity index is 2.56. The van der Waals surface area contributed by atoms with Crippen LogP contribution in [0, 0.1) is 5.41 Å². The van der Waals surface area contributed by atoms with Crippen LogP contribution >= 0.6 is 0 Å². The molecule has 0 spiro atoms. The van der Waals surface area contributed by atoms with Gasteiger partial charge in [0, 0.05) is 0 Å². The van der Waals surface area contributed by atoms with E-state index in [9.17, 15) is 4.79 Å². The zero-order chi connectivity index (χ0) is 9.19. The van der Waals surface area contributed by atoms with E-state index in [2.05, 4.69) is 19.2 Å². The number of carbonyl (C=O) groups is 1. The number of ether oxygens (including phenoxy) is 1. The summed E-state index contributed by atoms with van der Waals surface area (Å²) >= 11 is 0. The van der Waals surface area contributed by atoms with Crippen molar-refractivity contribution in [1.29, 1.82) is 0 Å². The quantitative estimate of drug-likeness (QED) is 0.628. The normalized spacial score (nSPS) is 27.1. The van der Waals surface area contributed by atoms with Gasteiger partial charge in [0.05, 0.1) is 6.61 Å². The lowest BCUT2D eigenvalue weighted by molar-refractivity contribution is -0.147. The highest BCUT2D eigenvalue weighted by Crippen LogP contribution is 2.30. The van der Waals surface area contributed by atoms with Crippen LogP contribution in [0.25, 0.3) is 0 Å². The van der Waals surface area contributed by atoms with E-state index < -0.39 is 0 Å². The lowest BCUT2D eigenvalue weighted by Gasteiger charge is -2.24. The van der Waals surface area contributed by atoms with E-state index in [1.165, 1.54) is 0 Å². The average molecular weight is 171 g/mol. The van der Waals surface area contributed by atoms with Gasteiger partial charge in [0.25, 0.3) is 0 Å². The third-order valence-corrected chi connectivity index (χ3v) is 2.42. The second kappa shape index (κ2) is 3.44. The first-order chi connectivity index (χ1) is 5.58. The first-order valence-corrected chi connectivity index (χ1v) is 4.48. The second-order valence-electron chi connectivity index (χ2n) is 3.88. The van der Waals surface area contributed by atoms with Crippen LogP contribution in [0.3, 0.4) is 0 Å². The Morgan fingerprint density at radius 1 is 1.67 bits per heavy atom. The monoisotopic (exact) mass is 171 g/mol. The van der Waals surface area contributed by atoms with Crippen LogP contribution in [0.4, 0.5) is 0 Å². The van der Waals surface area contributed by atoms with Crippen LogP contribution in [-0.4, -0.2) is 25.2 Å². The summed E-state index contributed by atoms with van der Waals surface area (Å²) in [5.74, 6) is -0.111. The molecule has 0 saturated carbocycles. The molecular weight excluding hydrogens is 154 g/mol. The van der Waals surface area contributed by atoms with Gasteiger partial charge in [0.1, 0.15) is 6.04 Å². The van der Waals surface area contributed by atoms with E-state index in [1.54, 1.807) is 0 Å². The number of hydrogen-bond donors (Lipinski definition) is 1.